The zero-order valence-electron chi connectivity index (χ0n) is 10.3. The maximum Gasteiger partial charge on any atom is 0.243 e. The van der Waals surface area contributed by atoms with Gasteiger partial charge in [0, 0.05) is 6.20 Å². The molecule has 18 heavy (non-hydrogen) atoms. The number of furan rings is 1. The number of hydrogen-bond acceptors (Lipinski definition) is 4. The Labute approximate surface area is 104 Å². The van der Waals surface area contributed by atoms with Crippen molar-refractivity contribution in [2.45, 2.75) is 19.9 Å². The standard InChI is InChI=1S/C13H14N4O/c1-9-5-3-7-17-12(9)15-13(16-17)14-10(2)11-6-4-8-18-11/h3-8,10H,1-2H3,(H,14,16). The summed E-state index contributed by atoms with van der Waals surface area (Å²) in [5.74, 6) is 1.47. The quantitative estimate of drug-likeness (QED) is 0.767. The van der Waals surface area contributed by atoms with Crippen LogP contribution in [0.15, 0.2) is 41.1 Å². The Balaban J connectivity index is 1.89. The first-order valence-electron chi connectivity index (χ1n) is 5.86. The van der Waals surface area contributed by atoms with Gasteiger partial charge in [-0.1, -0.05) is 6.07 Å². The third-order valence-electron chi connectivity index (χ3n) is 2.87. The summed E-state index contributed by atoms with van der Waals surface area (Å²) in [7, 11) is 0. The number of aromatic nitrogens is 3. The van der Waals surface area contributed by atoms with Gasteiger partial charge in [0.05, 0.1) is 12.3 Å². The first-order valence-corrected chi connectivity index (χ1v) is 5.86. The second-order valence-electron chi connectivity index (χ2n) is 4.28. The van der Waals surface area contributed by atoms with E-state index in [4.69, 9.17) is 4.42 Å². The maximum atomic E-state index is 5.34. The summed E-state index contributed by atoms with van der Waals surface area (Å²) in [5.41, 5.74) is 1.97. The van der Waals surface area contributed by atoms with Crippen LogP contribution in [0.1, 0.15) is 24.3 Å². The third-order valence-corrected chi connectivity index (χ3v) is 2.87. The molecule has 0 aliphatic heterocycles. The predicted octanol–water partition coefficient (Wildman–Crippen LogP) is 2.80. The highest BCUT2D eigenvalue weighted by Gasteiger charge is 2.11. The molecule has 3 aromatic heterocycles. The van der Waals surface area contributed by atoms with E-state index in [2.05, 4.69) is 15.4 Å². The lowest BCUT2D eigenvalue weighted by molar-refractivity contribution is 0.489. The van der Waals surface area contributed by atoms with E-state index in [-0.39, 0.29) is 6.04 Å². The largest absolute Gasteiger partial charge is 0.467 e. The van der Waals surface area contributed by atoms with Crippen molar-refractivity contribution in [2.24, 2.45) is 0 Å². The Morgan fingerprint density at radius 2 is 2.22 bits per heavy atom. The SMILES string of the molecule is Cc1cccn2nc(NC(C)c3ccco3)nc12. The molecule has 0 saturated heterocycles. The smallest absolute Gasteiger partial charge is 0.243 e. The molecule has 5 heteroatoms. The number of pyridine rings is 1. The molecule has 1 atom stereocenters. The Bertz CT molecular complexity index is 657. The van der Waals surface area contributed by atoms with Crippen LogP contribution in [-0.2, 0) is 0 Å². The lowest BCUT2D eigenvalue weighted by Crippen LogP contribution is -2.06. The van der Waals surface area contributed by atoms with Gasteiger partial charge in [-0.05, 0) is 37.6 Å². The van der Waals surface area contributed by atoms with Crippen molar-refractivity contribution in [3.63, 3.8) is 0 Å². The Hall–Kier alpha value is -2.30. The van der Waals surface area contributed by atoms with Gasteiger partial charge in [-0.2, -0.15) is 4.98 Å². The van der Waals surface area contributed by atoms with E-state index in [9.17, 15) is 0 Å². The van der Waals surface area contributed by atoms with Crippen LogP contribution in [0.4, 0.5) is 5.95 Å². The molecule has 3 rings (SSSR count). The number of nitrogens with zero attached hydrogens (tertiary/aromatic N) is 3. The number of fused-ring (bicyclic) bond motifs is 1. The summed E-state index contributed by atoms with van der Waals surface area (Å²) in [6, 6.07) is 7.81. The topological polar surface area (TPSA) is 55.4 Å². The van der Waals surface area contributed by atoms with Crippen molar-refractivity contribution in [2.75, 3.05) is 5.32 Å². The van der Waals surface area contributed by atoms with Crippen LogP contribution in [0.3, 0.4) is 0 Å². The minimum Gasteiger partial charge on any atom is -0.467 e. The zero-order chi connectivity index (χ0) is 12.5. The van der Waals surface area contributed by atoms with Crippen molar-refractivity contribution in [3.8, 4) is 0 Å². The van der Waals surface area contributed by atoms with E-state index in [0.29, 0.717) is 5.95 Å². The molecule has 0 saturated carbocycles. The molecule has 0 bridgehead atoms. The number of rotatable bonds is 3. The third kappa shape index (κ3) is 1.84. The summed E-state index contributed by atoms with van der Waals surface area (Å²) in [6.07, 6.45) is 3.55. The van der Waals surface area contributed by atoms with Gasteiger partial charge in [0.15, 0.2) is 5.65 Å². The van der Waals surface area contributed by atoms with E-state index in [1.165, 1.54) is 0 Å². The molecule has 0 fully saturated rings. The summed E-state index contributed by atoms with van der Waals surface area (Å²) < 4.78 is 7.11. The number of nitrogens with one attached hydrogen (secondary N) is 1. The molecule has 1 unspecified atom stereocenters. The summed E-state index contributed by atoms with van der Waals surface area (Å²) in [6.45, 7) is 4.03. The van der Waals surface area contributed by atoms with Crippen molar-refractivity contribution < 1.29 is 4.42 Å². The van der Waals surface area contributed by atoms with Gasteiger partial charge in [-0.3, -0.25) is 0 Å². The fourth-order valence-electron chi connectivity index (χ4n) is 1.90. The van der Waals surface area contributed by atoms with Gasteiger partial charge >= 0.3 is 0 Å². The van der Waals surface area contributed by atoms with Gasteiger partial charge in [0.25, 0.3) is 0 Å². The Morgan fingerprint density at radius 1 is 1.33 bits per heavy atom. The molecule has 0 spiro atoms. The minimum atomic E-state index is 0.0396. The molecule has 0 amide bonds. The average Bonchev–Trinajstić information content (AvgIpc) is 2.97. The van der Waals surface area contributed by atoms with Crippen molar-refractivity contribution in [3.05, 3.63) is 48.0 Å². The molecule has 3 aromatic rings. The Morgan fingerprint density at radius 3 is 2.94 bits per heavy atom. The van der Waals surface area contributed by atoms with E-state index < -0.39 is 0 Å². The second kappa shape index (κ2) is 4.18. The first kappa shape index (κ1) is 10.8. The van der Waals surface area contributed by atoms with Crippen LogP contribution < -0.4 is 5.32 Å². The molecule has 3 heterocycles. The molecule has 0 aliphatic rings. The summed E-state index contributed by atoms with van der Waals surface area (Å²) in [4.78, 5) is 4.46. The highest BCUT2D eigenvalue weighted by atomic mass is 16.3. The molecule has 5 nitrogen and oxygen atoms in total. The minimum absolute atomic E-state index is 0.0396. The highest BCUT2D eigenvalue weighted by Crippen LogP contribution is 2.18. The van der Waals surface area contributed by atoms with Crippen LogP contribution in [0.5, 0.6) is 0 Å². The maximum absolute atomic E-state index is 5.34. The average molecular weight is 242 g/mol. The summed E-state index contributed by atoms with van der Waals surface area (Å²) >= 11 is 0. The van der Waals surface area contributed by atoms with Gasteiger partial charge in [-0.25, -0.2) is 4.52 Å². The van der Waals surface area contributed by atoms with Crippen LogP contribution >= 0.6 is 0 Å². The van der Waals surface area contributed by atoms with E-state index in [1.54, 1.807) is 10.8 Å². The number of hydrogen-bond donors (Lipinski definition) is 1. The number of anilines is 1. The van der Waals surface area contributed by atoms with Gasteiger partial charge in [0.2, 0.25) is 5.95 Å². The van der Waals surface area contributed by atoms with Crippen LogP contribution in [0.25, 0.3) is 5.65 Å². The van der Waals surface area contributed by atoms with Crippen LogP contribution in [0.2, 0.25) is 0 Å². The lowest BCUT2D eigenvalue weighted by Gasteiger charge is -2.08. The van der Waals surface area contributed by atoms with Crippen LogP contribution in [0, 0.1) is 6.92 Å². The Kier molecular flexibility index (Phi) is 2.51. The second-order valence-corrected chi connectivity index (χ2v) is 4.28. The fraction of sp³-hybridized carbons (Fsp3) is 0.231. The van der Waals surface area contributed by atoms with E-state index in [1.807, 2.05) is 44.3 Å². The fourth-order valence-corrected chi connectivity index (χ4v) is 1.90. The monoisotopic (exact) mass is 242 g/mol. The molecule has 0 radical (unpaired) electrons. The van der Waals surface area contributed by atoms with Gasteiger partial charge < -0.3 is 9.73 Å². The predicted molar refractivity (Wildman–Crippen MR) is 68.5 cm³/mol. The molecular formula is C13H14N4O. The van der Waals surface area contributed by atoms with E-state index >= 15 is 0 Å². The first-order chi connectivity index (χ1) is 8.74. The van der Waals surface area contributed by atoms with E-state index in [0.717, 1.165) is 17.0 Å². The van der Waals surface area contributed by atoms with Gasteiger partial charge in [0.1, 0.15) is 5.76 Å². The lowest BCUT2D eigenvalue weighted by atomic mass is 10.2. The van der Waals surface area contributed by atoms with Crippen molar-refractivity contribution in [1.82, 2.24) is 14.6 Å². The number of aryl methyl sites for hydroxylation is 1. The van der Waals surface area contributed by atoms with Gasteiger partial charge in [-0.15, -0.1) is 5.10 Å². The van der Waals surface area contributed by atoms with Crippen LogP contribution in [-0.4, -0.2) is 14.6 Å². The zero-order valence-corrected chi connectivity index (χ0v) is 10.3. The molecular weight excluding hydrogens is 228 g/mol. The molecule has 0 aromatic carbocycles. The normalized spacial score (nSPS) is 12.8. The molecule has 1 N–H and O–H groups in total. The van der Waals surface area contributed by atoms with Crippen molar-refractivity contribution in [1.29, 1.82) is 0 Å². The summed E-state index contributed by atoms with van der Waals surface area (Å²) in [5, 5.41) is 7.60. The molecule has 92 valence electrons. The van der Waals surface area contributed by atoms with Crippen molar-refractivity contribution >= 4 is 11.6 Å². The molecule has 0 aliphatic carbocycles. The highest BCUT2D eigenvalue weighted by molar-refractivity contribution is 5.50.